The van der Waals surface area contributed by atoms with Crippen molar-refractivity contribution in [3.8, 4) is 0 Å². The third kappa shape index (κ3) is 4.27. The van der Waals surface area contributed by atoms with Crippen molar-refractivity contribution in [3.05, 3.63) is 5.89 Å². The Hall–Kier alpha value is -1.14. The van der Waals surface area contributed by atoms with Gasteiger partial charge in [-0.05, 0) is 25.5 Å². The van der Waals surface area contributed by atoms with Crippen LogP contribution < -0.4 is 10.2 Å². The second kappa shape index (κ2) is 8.05. The second-order valence-corrected chi connectivity index (χ2v) is 4.07. The van der Waals surface area contributed by atoms with Crippen LogP contribution in [0.25, 0.3) is 0 Å². The van der Waals surface area contributed by atoms with Crippen LogP contribution in [0.2, 0.25) is 0 Å². The van der Waals surface area contributed by atoms with Crippen molar-refractivity contribution >= 4 is 5.95 Å². The largest absolute Gasteiger partial charge is 0.383 e. The van der Waals surface area contributed by atoms with Gasteiger partial charge in [0.2, 0.25) is 5.89 Å². The molecule has 6 nitrogen and oxygen atoms in total. The number of rotatable bonds is 9. The monoisotopic (exact) mass is 256 g/mol. The molecule has 18 heavy (non-hydrogen) atoms. The SMILES string of the molecule is CCNC(COC)Cc1nc(N(CC)CC)no1. The summed E-state index contributed by atoms with van der Waals surface area (Å²) in [6.45, 7) is 9.51. The number of anilines is 1. The van der Waals surface area contributed by atoms with Gasteiger partial charge < -0.3 is 19.5 Å². The normalized spacial score (nSPS) is 12.7. The van der Waals surface area contributed by atoms with Crippen molar-refractivity contribution < 1.29 is 9.26 Å². The zero-order chi connectivity index (χ0) is 13.4. The molecule has 1 atom stereocenters. The van der Waals surface area contributed by atoms with Crippen molar-refractivity contribution in [1.29, 1.82) is 0 Å². The molecule has 0 amide bonds. The first-order valence-corrected chi connectivity index (χ1v) is 6.54. The van der Waals surface area contributed by atoms with Crippen molar-refractivity contribution in [3.63, 3.8) is 0 Å². The molecule has 1 heterocycles. The number of likely N-dealkylation sites (N-methyl/N-ethyl adjacent to an activating group) is 1. The summed E-state index contributed by atoms with van der Waals surface area (Å²) in [5, 5.41) is 7.33. The molecule has 1 unspecified atom stereocenters. The van der Waals surface area contributed by atoms with Crippen LogP contribution in [-0.4, -0.2) is 49.5 Å². The maximum absolute atomic E-state index is 5.27. The molecule has 0 bridgehead atoms. The maximum atomic E-state index is 5.27. The maximum Gasteiger partial charge on any atom is 0.266 e. The zero-order valence-electron chi connectivity index (χ0n) is 11.8. The van der Waals surface area contributed by atoms with Crippen LogP contribution in [0.1, 0.15) is 26.7 Å². The molecule has 0 spiro atoms. The van der Waals surface area contributed by atoms with Gasteiger partial charge in [0.1, 0.15) is 0 Å². The molecule has 0 saturated heterocycles. The lowest BCUT2D eigenvalue weighted by molar-refractivity contribution is 0.162. The highest BCUT2D eigenvalue weighted by atomic mass is 16.5. The topological polar surface area (TPSA) is 63.4 Å². The smallest absolute Gasteiger partial charge is 0.266 e. The van der Waals surface area contributed by atoms with Crippen molar-refractivity contribution in [1.82, 2.24) is 15.5 Å². The molecular weight excluding hydrogens is 232 g/mol. The predicted molar refractivity (Wildman–Crippen MR) is 70.9 cm³/mol. The minimum atomic E-state index is 0.213. The van der Waals surface area contributed by atoms with Gasteiger partial charge in [0.05, 0.1) is 6.61 Å². The van der Waals surface area contributed by atoms with Crippen molar-refractivity contribution in [2.45, 2.75) is 33.2 Å². The summed E-state index contributed by atoms with van der Waals surface area (Å²) in [4.78, 5) is 6.47. The summed E-state index contributed by atoms with van der Waals surface area (Å²) in [6, 6.07) is 0.213. The third-order valence-electron chi connectivity index (χ3n) is 2.79. The summed E-state index contributed by atoms with van der Waals surface area (Å²) in [6.07, 6.45) is 0.690. The van der Waals surface area contributed by atoms with E-state index in [1.54, 1.807) is 7.11 Å². The van der Waals surface area contributed by atoms with E-state index in [1.165, 1.54) is 0 Å². The number of hydrogen-bond acceptors (Lipinski definition) is 6. The second-order valence-electron chi connectivity index (χ2n) is 4.07. The van der Waals surface area contributed by atoms with Gasteiger partial charge in [0.25, 0.3) is 5.95 Å². The van der Waals surface area contributed by atoms with Gasteiger partial charge in [-0.25, -0.2) is 0 Å². The molecule has 1 aromatic rings. The Labute approximate surface area is 109 Å². The molecule has 0 saturated carbocycles. The summed E-state index contributed by atoms with van der Waals surface area (Å²) in [5.74, 6) is 1.32. The van der Waals surface area contributed by atoms with Crippen molar-refractivity contribution in [2.75, 3.05) is 38.3 Å². The van der Waals surface area contributed by atoms with Gasteiger partial charge in [0, 0.05) is 32.7 Å². The molecule has 104 valence electrons. The number of methoxy groups -OCH3 is 1. The first kappa shape index (κ1) is 14.9. The van der Waals surface area contributed by atoms with E-state index in [2.05, 4.69) is 41.1 Å². The quantitative estimate of drug-likeness (QED) is 0.713. The van der Waals surface area contributed by atoms with Gasteiger partial charge in [0.15, 0.2) is 0 Å². The van der Waals surface area contributed by atoms with Crippen LogP contribution in [0.5, 0.6) is 0 Å². The van der Waals surface area contributed by atoms with E-state index in [-0.39, 0.29) is 6.04 Å². The minimum Gasteiger partial charge on any atom is -0.383 e. The van der Waals surface area contributed by atoms with Crippen LogP contribution in [0.4, 0.5) is 5.95 Å². The van der Waals surface area contributed by atoms with Gasteiger partial charge in [-0.15, -0.1) is 0 Å². The molecule has 0 radical (unpaired) electrons. The highest BCUT2D eigenvalue weighted by Crippen LogP contribution is 2.10. The fourth-order valence-electron chi connectivity index (χ4n) is 1.85. The number of aromatic nitrogens is 2. The summed E-state index contributed by atoms with van der Waals surface area (Å²) in [5.41, 5.74) is 0. The average Bonchev–Trinajstić information content (AvgIpc) is 2.80. The molecule has 6 heteroatoms. The Morgan fingerprint density at radius 2 is 2.06 bits per heavy atom. The van der Waals surface area contributed by atoms with E-state index in [4.69, 9.17) is 9.26 Å². The van der Waals surface area contributed by atoms with E-state index >= 15 is 0 Å². The van der Waals surface area contributed by atoms with E-state index in [1.807, 2.05) is 0 Å². The Morgan fingerprint density at radius 1 is 1.33 bits per heavy atom. The molecule has 0 aliphatic heterocycles. The van der Waals surface area contributed by atoms with Gasteiger partial charge in [-0.2, -0.15) is 4.98 Å². The fourth-order valence-corrected chi connectivity index (χ4v) is 1.85. The predicted octanol–water partition coefficient (Wildman–Crippen LogP) is 1.08. The number of nitrogens with one attached hydrogen (secondary N) is 1. The van der Waals surface area contributed by atoms with E-state index in [0.717, 1.165) is 19.6 Å². The molecule has 1 aromatic heterocycles. The average molecular weight is 256 g/mol. The van der Waals surface area contributed by atoms with Crippen LogP contribution >= 0.6 is 0 Å². The first-order valence-electron chi connectivity index (χ1n) is 6.54. The molecule has 0 aliphatic rings. The lowest BCUT2D eigenvalue weighted by atomic mass is 10.2. The van der Waals surface area contributed by atoms with Crippen LogP contribution in [0, 0.1) is 0 Å². The molecule has 0 aromatic carbocycles. The molecule has 1 N–H and O–H groups in total. The summed E-state index contributed by atoms with van der Waals surface area (Å²) >= 11 is 0. The fraction of sp³-hybridized carbons (Fsp3) is 0.833. The third-order valence-corrected chi connectivity index (χ3v) is 2.79. The van der Waals surface area contributed by atoms with Gasteiger partial charge in [-0.1, -0.05) is 6.92 Å². The van der Waals surface area contributed by atoms with Crippen molar-refractivity contribution in [2.24, 2.45) is 0 Å². The van der Waals surface area contributed by atoms with E-state index in [9.17, 15) is 0 Å². The van der Waals surface area contributed by atoms with Crippen LogP contribution in [0.15, 0.2) is 4.52 Å². The highest BCUT2D eigenvalue weighted by Gasteiger charge is 2.15. The standard InChI is InChI=1S/C12H24N4O2/c1-5-13-10(9-17-4)8-11-14-12(15-18-11)16(6-2)7-3/h10,13H,5-9H2,1-4H3. The van der Waals surface area contributed by atoms with E-state index < -0.39 is 0 Å². The zero-order valence-corrected chi connectivity index (χ0v) is 11.8. The number of hydrogen-bond donors (Lipinski definition) is 1. The lowest BCUT2D eigenvalue weighted by Gasteiger charge is -2.15. The minimum absolute atomic E-state index is 0.213. The number of ether oxygens (including phenoxy) is 1. The Morgan fingerprint density at radius 3 is 2.61 bits per heavy atom. The Bertz CT molecular complexity index is 320. The molecule has 1 rings (SSSR count). The van der Waals surface area contributed by atoms with Gasteiger partial charge in [-0.3, -0.25) is 0 Å². The molecule has 0 fully saturated rings. The Kier molecular flexibility index (Phi) is 6.67. The van der Waals surface area contributed by atoms with Crippen LogP contribution in [0.3, 0.4) is 0 Å². The molecular formula is C12H24N4O2. The highest BCUT2D eigenvalue weighted by molar-refractivity contribution is 5.26. The lowest BCUT2D eigenvalue weighted by Crippen LogP contribution is -2.35. The summed E-state index contributed by atoms with van der Waals surface area (Å²) in [7, 11) is 1.69. The van der Waals surface area contributed by atoms with Gasteiger partial charge >= 0.3 is 0 Å². The number of nitrogens with zero attached hydrogens (tertiary/aromatic N) is 3. The first-order chi connectivity index (χ1) is 8.74. The molecule has 0 aliphatic carbocycles. The van der Waals surface area contributed by atoms with Crippen LogP contribution in [-0.2, 0) is 11.2 Å². The summed E-state index contributed by atoms with van der Waals surface area (Å²) < 4.78 is 10.4. The Balaban J connectivity index is 2.61. The van der Waals surface area contributed by atoms with E-state index in [0.29, 0.717) is 24.9 Å².